The van der Waals surface area contributed by atoms with Gasteiger partial charge in [0.15, 0.2) is 0 Å². The first-order valence-corrected chi connectivity index (χ1v) is 11.4. The standard InChI is InChI=1S/C23H26N2O2S/c26-28(27,23-17-24-16-22(23)21-9-5-2-6-10-21)25-15-18-11-13-20(14-12-18)19-7-3-1-4-8-19/h1-10,16-18,20,24-25H,11-15H2. The van der Waals surface area contributed by atoms with Crippen LogP contribution in [0.2, 0.25) is 0 Å². The Labute approximate surface area is 167 Å². The molecule has 0 unspecified atom stereocenters. The zero-order valence-corrected chi connectivity index (χ0v) is 16.7. The molecule has 28 heavy (non-hydrogen) atoms. The molecule has 0 saturated heterocycles. The minimum Gasteiger partial charge on any atom is -0.366 e. The molecule has 0 aliphatic heterocycles. The summed E-state index contributed by atoms with van der Waals surface area (Å²) in [6.07, 6.45) is 7.67. The lowest BCUT2D eigenvalue weighted by Gasteiger charge is -2.28. The summed E-state index contributed by atoms with van der Waals surface area (Å²) in [5, 5.41) is 0. The molecule has 2 N–H and O–H groups in total. The SMILES string of the molecule is O=S(=O)(NCC1CCC(c2ccccc2)CC1)c1c[nH]cc1-c1ccccc1. The van der Waals surface area contributed by atoms with Crippen LogP contribution < -0.4 is 4.72 Å². The zero-order valence-electron chi connectivity index (χ0n) is 15.8. The fourth-order valence-electron chi connectivity index (χ4n) is 4.15. The van der Waals surface area contributed by atoms with Gasteiger partial charge in [-0.25, -0.2) is 13.1 Å². The molecule has 0 amide bonds. The number of aromatic nitrogens is 1. The molecule has 0 atom stereocenters. The van der Waals surface area contributed by atoms with Gasteiger partial charge in [-0.15, -0.1) is 0 Å². The molecule has 0 radical (unpaired) electrons. The maximum Gasteiger partial charge on any atom is 0.242 e. The highest BCUT2D eigenvalue weighted by molar-refractivity contribution is 7.89. The summed E-state index contributed by atoms with van der Waals surface area (Å²) in [4.78, 5) is 3.26. The fourth-order valence-corrected chi connectivity index (χ4v) is 5.45. The van der Waals surface area contributed by atoms with Crippen LogP contribution in [0.15, 0.2) is 78.0 Å². The van der Waals surface area contributed by atoms with Crippen LogP contribution in [0.1, 0.15) is 37.2 Å². The molecule has 0 bridgehead atoms. The molecule has 1 heterocycles. The summed E-state index contributed by atoms with van der Waals surface area (Å²) in [7, 11) is -3.54. The topological polar surface area (TPSA) is 62.0 Å². The number of hydrogen-bond acceptors (Lipinski definition) is 2. The molecule has 1 aliphatic carbocycles. The van der Waals surface area contributed by atoms with E-state index in [1.54, 1.807) is 12.4 Å². The van der Waals surface area contributed by atoms with E-state index in [1.807, 2.05) is 30.3 Å². The fraction of sp³-hybridized carbons (Fsp3) is 0.304. The Balaban J connectivity index is 1.38. The van der Waals surface area contributed by atoms with Gasteiger partial charge in [0, 0.05) is 24.5 Å². The van der Waals surface area contributed by atoms with Crippen molar-refractivity contribution in [3.8, 4) is 11.1 Å². The number of sulfonamides is 1. The maximum atomic E-state index is 12.9. The van der Waals surface area contributed by atoms with Gasteiger partial charge in [0.25, 0.3) is 0 Å². The van der Waals surface area contributed by atoms with E-state index in [9.17, 15) is 8.42 Å². The highest BCUT2D eigenvalue weighted by atomic mass is 32.2. The largest absolute Gasteiger partial charge is 0.366 e. The minimum absolute atomic E-state index is 0.316. The van der Waals surface area contributed by atoms with Crippen molar-refractivity contribution < 1.29 is 8.42 Å². The Morgan fingerprint density at radius 2 is 1.50 bits per heavy atom. The quantitative estimate of drug-likeness (QED) is 0.622. The smallest absolute Gasteiger partial charge is 0.242 e. The van der Waals surface area contributed by atoms with E-state index in [0.29, 0.717) is 28.8 Å². The third-order valence-corrected chi connectivity index (χ3v) is 7.23. The van der Waals surface area contributed by atoms with E-state index in [2.05, 4.69) is 40.0 Å². The van der Waals surface area contributed by atoms with Crippen molar-refractivity contribution in [3.05, 3.63) is 78.6 Å². The average Bonchev–Trinajstić information content (AvgIpc) is 3.25. The molecule has 1 saturated carbocycles. The van der Waals surface area contributed by atoms with Crippen molar-refractivity contribution >= 4 is 10.0 Å². The molecular weight excluding hydrogens is 368 g/mol. The molecule has 146 valence electrons. The number of benzene rings is 2. The third kappa shape index (κ3) is 4.21. The number of hydrogen-bond donors (Lipinski definition) is 2. The monoisotopic (exact) mass is 394 g/mol. The van der Waals surface area contributed by atoms with E-state index in [4.69, 9.17) is 0 Å². The Morgan fingerprint density at radius 1 is 0.857 bits per heavy atom. The second-order valence-electron chi connectivity index (χ2n) is 7.58. The molecule has 3 aromatic rings. The summed E-state index contributed by atoms with van der Waals surface area (Å²) < 4.78 is 28.6. The molecule has 1 fully saturated rings. The molecule has 1 aliphatic rings. The van der Waals surface area contributed by atoms with Gasteiger partial charge < -0.3 is 4.98 Å². The predicted octanol–water partition coefficient (Wildman–Crippen LogP) is 4.93. The molecule has 5 heteroatoms. The van der Waals surface area contributed by atoms with E-state index >= 15 is 0 Å². The Bertz CT molecular complexity index is 989. The summed E-state index contributed by atoms with van der Waals surface area (Å²) in [6, 6.07) is 20.2. The number of rotatable bonds is 6. The average molecular weight is 395 g/mol. The van der Waals surface area contributed by atoms with Crippen molar-refractivity contribution in [3.63, 3.8) is 0 Å². The molecule has 4 rings (SSSR count). The van der Waals surface area contributed by atoms with Crippen molar-refractivity contribution in [1.29, 1.82) is 0 Å². The van der Waals surface area contributed by atoms with Gasteiger partial charge in [-0.3, -0.25) is 0 Å². The first kappa shape index (κ1) is 19.0. The van der Waals surface area contributed by atoms with Gasteiger partial charge in [-0.05, 0) is 48.6 Å². The Morgan fingerprint density at radius 3 is 2.18 bits per heavy atom. The van der Waals surface area contributed by atoms with Crippen molar-refractivity contribution in [2.24, 2.45) is 5.92 Å². The lowest BCUT2D eigenvalue weighted by atomic mass is 9.79. The highest BCUT2D eigenvalue weighted by Gasteiger charge is 2.25. The predicted molar refractivity (Wildman–Crippen MR) is 113 cm³/mol. The molecular formula is C23H26N2O2S. The van der Waals surface area contributed by atoms with Crippen LogP contribution in [0, 0.1) is 5.92 Å². The maximum absolute atomic E-state index is 12.9. The van der Waals surface area contributed by atoms with Gasteiger partial charge in [-0.1, -0.05) is 60.7 Å². The highest BCUT2D eigenvalue weighted by Crippen LogP contribution is 2.35. The van der Waals surface area contributed by atoms with Crippen LogP contribution in [-0.2, 0) is 10.0 Å². The number of H-pyrrole nitrogens is 1. The van der Waals surface area contributed by atoms with Crippen LogP contribution in [0.4, 0.5) is 0 Å². The van der Waals surface area contributed by atoms with Gasteiger partial charge in [-0.2, -0.15) is 0 Å². The normalized spacial score (nSPS) is 20.1. The van der Waals surface area contributed by atoms with Gasteiger partial charge in [0.2, 0.25) is 10.0 Å². The molecule has 2 aromatic carbocycles. The first-order valence-electron chi connectivity index (χ1n) is 9.90. The van der Waals surface area contributed by atoms with Gasteiger partial charge >= 0.3 is 0 Å². The second-order valence-corrected chi connectivity index (χ2v) is 9.31. The summed E-state index contributed by atoms with van der Waals surface area (Å²) in [5.74, 6) is 0.997. The van der Waals surface area contributed by atoms with E-state index in [-0.39, 0.29) is 0 Å². The second kappa shape index (κ2) is 8.33. The lowest BCUT2D eigenvalue weighted by Crippen LogP contribution is -2.31. The minimum atomic E-state index is -3.54. The van der Waals surface area contributed by atoms with Crippen LogP contribution in [0.3, 0.4) is 0 Å². The summed E-state index contributed by atoms with van der Waals surface area (Å²) in [5.41, 5.74) is 3.01. The van der Waals surface area contributed by atoms with E-state index in [1.165, 1.54) is 5.56 Å². The van der Waals surface area contributed by atoms with E-state index in [0.717, 1.165) is 31.2 Å². The zero-order chi connectivity index (χ0) is 19.4. The van der Waals surface area contributed by atoms with Crippen LogP contribution in [0.25, 0.3) is 11.1 Å². The number of aromatic amines is 1. The van der Waals surface area contributed by atoms with Crippen molar-refractivity contribution in [2.45, 2.75) is 36.5 Å². The first-order chi connectivity index (χ1) is 13.6. The summed E-state index contributed by atoms with van der Waals surface area (Å²) >= 11 is 0. The van der Waals surface area contributed by atoms with Crippen molar-refractivity contribution in [2.75, 3.05) is 6.54 Å². The van der Waals surface area contributed by atoms with Gasteiger partial charge in [0.1, 0.15) is 4.90 Å². The van der Waals surface area contributed by atoms with Crippen LogP contribution in [-0.4, -0.2) is 19.9 Å². The Hall–Kier alpha value is -2.37. The van der Waals surface area contributed by atoms with Crippen molar-refractivity contribution in [1.82, 2.24) is 9.71 Å². The third-order valence-electron chi connectivity index (χ3n) is 5.76. The molecule has 1 aromatic heterocycles. The van der Waals surface area contributed by atoms with Crippen LogP contribution in [0.5, 0.6) is 0 Å². The molecule has 0 spiro atoms. The van der Waals surface area contributed by atoms with Crippen LogP contribution >= 0.6 is 0 Å². The molecule has 4 nitrogen and oxygen atoms in total. The lowest BCUT2D eigenvalue weighted by molar-refractivity contribution is 0.326. The summed E-state index contributed by atoms with van der Waals surface area (Å²) in [6.45, 7) is 0.503. The number of nitrogens with one attached hydrogen (secondary N) is 2. The van der Waals surface area contributed by atoms with Gasteiger partial charge in [0.05, 0.1) is 0 Å². The van der Waals surface area contributed by atoms with E-state index < -0.39 is 10.0 Å². The Kier molecular flexibility index (Phi) is 5.64.